The van der Waals surface area contributed by atoms with Crippen molar-refractivity contribution in [2.45, 2.75) is 31.2 Å². The molecule has 122 valence electrons. The summed E-state index contributed by atoms with van der Waals surface area (Å²) >= 11 is 1.43. The van der Waals surface area contributed by atoms with Gasteiger partial charge in [-0.2, -0.15) is 0 Å². The molecule has 0 amide bonds. The second-order valence-corrected chi connectivity index (χ2v) is 7.00. The molecule has 24 heavy (non-hydrogen) atoms. The zero-order chi connectivity index (χ0) is 17.1. The minimum absolute atomic E-state index is 0.0975. The summed E-state index contributed by atoms with van der Waals surface area (Å²) in [5.74, 6) is 0.902. The van der Waals surface area contributed by atoms with Crippen molar-refractivity contribution in [1.29, 1.82) is 0 Å². The predicted molar refractivity (Wildman–Crippen MR) is 96.9 cm³/mol. The molecule has 0 radical (unpaired) electrons. The number of ketones is 1. The Morgan fingerprint density at radius 2 is 1.67 bits per heavy atom. The molecule has 0 unspecified atom stereocenters. The molecule has 0 aliphatic heterocycles. The molecule has 0 N–H and O–H groups in total. The Hall–Kier alpha value is -2.40. The molecule has 0 fully saturated rings. The van der Waals surface area contributed by atoms with Crippen molar-refractivity contribution in [3.63, 3.8) is 0 Å². The summed E-state index contributed by atoms with van der Waals surface area (Å²) in [5, 5.41) is 8.91. The van der Waals surface area contributed by atoms with E-state index in [0.29, 0.717) is 0 Å². The third-order valence-electron chi connectivity index (χ3n) is 3.80. The number of aryl methyl sites for hydroxylation is 2. The first kappa shape index (κ1) is 16.5. The Labute approximate surface area is 145 Å². The average molecular weight is 337 g/mol. The molecule has 5 heteroatoms. The van der Waals surface area contributed by atoms with Gasteiger partial charge in [0, 0.05) is 11.3 Å². The molecule has 0 aliphatic carbocycles. The number of para-hydroxylation sites is 1. The lowest BCUT2D eigenvalue weighted by Gasteiger charge is -2.12. The standard InChI is InChI=1S/C19H19N3OS/c1-13-9-11-16(12-10-13)18(23)14(2)24-19-21-20-15(3)22(19)17-7-5-4-6-8-17/h4-12,14H,1-3H3/t14-/m1/s1. The number of nitrogens with zero attached hydrogens (tertiary/aromatic N) is 3. The Balaban J connectivity index is 1.84. The highest BCUT2D eigenvalue weighted by Crippen LogP contribution is 2.27. The van der Waals surface area contributed by atoms with Crippen LogP contribution in [0.3, 0.4) is 0 Å². The normalized spacial score (nSPS) is 12.1. The molecule has 1 heterocycles. The van der Waals surface area contributed by atoms with Crippen LogP contribution in [0.25, 0.3) is 5.69 Å². The van der Waals surface area contributed by atoms with Crippen LogP contribution in [0.1, 0.15) is 28.7 Å². The van der Waals surface area contributed by atoms with Crippen LogP contribution in [-0.2, 0) is 0 Å². The summed E-state index contributed by atoms with van der Waals surface area (Å²) in [6.45, 7) is 5.83. The van der Waals surface area contributed by atoms with Crippen molar-refractivity contribution in [3.05, 3.63) is 71.5 Å². The van der Waals surface area contributed by atoms with Crippen molar-refractivity contribution in [3.8, 4) is 5.69 Å². The Morgan fingerprint density at radius 3 is 2.33 bits per heavy atom. The van der Waals surface area contributed by atoms with Gasteiger partial charge in [-0.15, -0.1) is 10.2 Å². The zero-order valence-corrected chi connectivity index (χ0v) is 14.7. The van der Waals surface area contributed by atoms with E-state index in [1.807, 2.05) is 79.9 Å². The summed E-state index contributed by atoms with van der Waals surface area (Å²) in [6, 6.07) is 17.6. The van der Waals surface area contributed by atoms with Gasteiger partial charge in [0.15, 0.2) is 10.9 Å². The van der Waals surface area contributed by atoms with Gasteiger partial charge in [0.25, 0.3) is 0 Å². The minimum Gasteiger partial charge on any atom is -0.293 e. The number of carbonyl (C=O) groups is 1. The fraction of sp³-hybridized carbons (Fsp3) is 0.211. The first-order chi connectivity index (χ1) is 11.6. The highest BCUT2D eigenvalue weighted by atomic mass is 32.2. The number of rotatable bonds is 5. The predicted octanol–water partition coefficient (Wildman–Crippen LogP) is 4.25. The lowest BCUT2D eigenvalue weighted by molar-refractivity contribution is 0.0994. The molecule has 3 rings (SSSR count). The smallest absolute Gasteiger partial charge is 0.196 e. The van der Waals surface area contributed by atoms with E-state index in [-0.39, 0.29) is 11.0 Å². The molecule has 2 aromatic carbocycles. The largest absolute Gasteiger partial charge is 0.293 e. The molecule has 0 aliphatic rings. The van der Waals surface area contributed by atoms with Crippen LogP contribution in [0.5, 0.6) is 0 Å². The molecule has 0 saturated heterocycles. The van der Waals surface area contributed by atoms with E-state index in [0.717, 1.165) is 27.8 Å². The van der Waals surface area contributed by atoms with Gasteiger partial charge in [-0.25, -0.2) is 0 Å². The fourth-order valence-corrected chi connectivity index (χ4v) is 3.45. The fourth-order valence-electron chi connectivity index (χ4n) is 2.46. The van der Waals surface area contributed by atoms with E-state index >= 15 is 0 Å². The molecule has 0 spiro atoms. The summed E-state index contributed by atoms with van der Waals surface area (Å²) < 4.78 is 1.98. The number of carbonyl (C=O) groups excluding carboxylic acids is 1. The van der Waals surface area contributed by atoms with E-state index in [2.05, 4.69) is 10.2 Å². The van der Waals surface area contributed by atoms with Crippen LogP contribution in [0.15, 0.2) is 59.8 Å². The number of Topliss-reactive ketones (excluding diaryl/α,β-unsaturated/α-hetero) is 1. The number of thioether (sulfide) groups is 1. The van der Waals surface area contributed by atoms with Crippen LogP contribution >= 0.6 is 11.8 Å². The molecule has 0 saturated carbocycles. The van der Waals surface area contributed by atoms with Gasteiger partial charge >= 0.3 is 0 Å². The quantitative estimate of drug-likeness (QED) is 0.516. The van der Waals surface area contributed by atoms with Crippen LogP contribution in [0.2, 0.25) is 0 Å². The van der Waals surface area contributed by atoms with Gasteiger partial charge in [0.05, 0.1) is 5.25 Å². The van der Waals surface area contributed by atoms with Crippen molar-refractivity contribution in [2.24, 2.45) is 0 Å². The van der Waals surface area contributed by atoms with Crippen molar-refractivity contribution in [2.75, 3.05) is 0 Å². The van der Waals surface area contributed by atoms with Crippen LogP contribution in [0, 0.1) is 13.8 Å². The topological polar surface area (TPSA) is 47.8 Å². The molecule has 3 aromatic rings. The van der Waals surface area contributed by atoms with Gasteiger partial charge in [0.1, 0.15) is 5.82 Å². The van der Waals surface area contributed by atoms with Gasteiger partial charge in [-0.1, -0.05) is 59.8 Å². The molecule has 1 atom stereocenters. The lowest BCUT2D eigenvalue weighted by Crippen LogP contribution is -2.14. The maximum Gasteiger partial charge on any atom is 0.196 e. The first-order valence-electron chi connectivity index (χ1n) is 7.81. The van der Waals surface area contributed by atoms with E-state index in [9.17, 15) is 4.79 Å². The minimum atomic E-state index is -0.237. The van der Waals surface area contributed by atoms with Crippen LogP contribution in [0.4, 0.5) is 0 Å². The Morgan fingerprint density at radius 1 is 1.00 bits per heavy atom. The Bertz CT molecular complexity index is 841. The molecular weight excluding hydrogens is 318 g/mol. The third-order valence-corrected chi connectivity index (χ3v) is 4.84. The van der Waals surface area contributed by atoms with Crippen molar-refractivity contribution < 1.29 is 4.79 Å². The zero-order valence-electron chi connectivity index (χ0n) is 13.9. The first-order valence-corrected chi connectivity index (χ1v) is 8.69. The van der Waals surface area contributed by atoms with Crippen LogP contribution < -0.4 is 0 Å². The SMILES string of the molecule is Cc1ccc(C(=O)[C@@H](C)Sc2nnc(C)n2-c2ccccc2)cc1. The van der Waals surface area contributed by atoms with Crippen molar-refractivity contribution in [1.82, 2.24) is 14.8 Å². The van der Waals surface area contributed by atoms with Gasteiger partial charge in [-0.05, 0) is 32.9 Å². The van der Waals surface area contributed by atoms with E-state index in [1.165, 1.54) is 11.8 Å². The highest BCUT2D eigenvalue weighted by molar-refractivity contribution is 8.00. The average Bonchev–Trinajstić information content (AvgIpc) is 2.96. The summed E-state index contributed by atoms with van der Waals surface area (Å²) in [6.07, 6.45) is 0. The number of benzene rings is 2. The van der Waals surface area contributed by atoms with E-state index in [1.54, 1.807) is 0 Å². The van der Waals surface area contributed by atoms with Crippen LogP contribution in [-0.4, -0.2) is 25.8 Å². The van der Waals surface area contributed by atoms with Gasteiger partial charge in [0.2, 0.25) is 0 Å². The molecule has 4 nitrogen and oxygen atoms in total. The number of aromatic nitrogens is 3. The summed E-state index contributed by atoms with van der Waals surface area (Å²) in [4.78, 5) is 12.6. The Kier molecular flexibility index (Phi) is 4.81. The van der Waals surface area contributed by atoms with E-state index < -0.39 is 0 Å². The lowest BCUT2D eigenvalue weighted by atomic mass is 10.1. The molecule has 1 aromatic heterocycles. The number of hydrogen-bond donors (Lipinski definition) is 0. The van der Waals surface area contributed by atoms with E-state index in [4.69, 9.17) is 0 Å². The monoisotopic (exact) mass is 337 g/mol. The number of hydrogen-bond acceptors (Lipinski definition) is 4. The second kappa shape index (κ2) is 7.01. The maximum absolute atomic E-state index is 12.6. The third kappa shape index (κ3) is 3.41. The van der Waals surface area contributed by atoms with Crippen molar-refractivity contribution >= 4 is 17.5 Å². The van der Waals surface area contributed by atoms with Gasteiger partial charge < -0.3 is 0 Å². The second-order valence-electron chi connectivity index (χ2n) is 5.69. The summed E-state index contributed by atoms with van der Waals surface area (Å²) in [7, 11) is 0. The van der Waals surface area contributed by atoms with Gasteiger partial charge in [-0.3, -0.25) is 9.36 Å². The highest BCUT2D eigenvalue weighted by Gasteiger charge is 2.20. The summed E-state index contributed by atoms with van der Waals surface area (Å²) in [5.41, 5.74) is 2.87. The molecule has 0 bridgehead atoms. The molecular formula is C19H19N3OS. The maximum atomic E-state index is 12.6.